The first-order valence-corrected chi connectivity index (χ1v) is 10.6. The van der Waals surface area contributed by atoms with Crippen molar-refractivity contribution in [1.82, 2.24) is 0 Å². The molecule has 4 heteroatoms. The van der Waals surface area contributed by atoms with Crippen LogP contribution in [0, 0.1) is 0 Å². The molecule has 2 N–H and O–H groups in total. The highest BCUT2D eigenvalue weighted by Gasteiger charge is 2.21. The number of quaternary nitrogens is 2. The van der Waals surface area contributed by atoms with Gasteiger partial charge in [0, 0.05) is 36.8 Å². The predicted molar refractivity (Wildman–Crippen MR) is 110 cm³/mol. The number of carbonyl (C=O) groups excluding carboxylic acids is 2. The Morgan fingerprint density at radius 1 is 0.571 bits per heavy atom. The SMILES string of the molecule is O=C(C[NH+]1CCCC1)c1ccc(-c2ccc(C(=O)C[NH+]3CCCC3)cc2)cc1. The lowest BCUT2D eigenvalue weighted by Gasteiger charge is -2.12. The van der Waals surface area contributed by atoms with E-state index in [-0.39, 0.29) is 11.6 Å². The van der Waals surface area contributed by atoms with Crippen molar-refractivity contribution in [2.45, 2.75) is 25.7 Å². The van der Waals surface area contributed by atoms with E-state index < -0.39 is 0 Å². The topological polar surface area (TPSA) is 43.0 Å². The van der Waals surface area contributed by atoms with Crippen LogP contribution in [0.2, 0.25) is 0 Å². The number of rotatable bonds is 7. The molecule has 0 atom stereocenters. The Morgan fingerprint density at radius 2 is 0.893 bits per heavy atom. The minimum atomic E-state index is 0.230. The van der Waals surface area contributed by atoms with E-state index in [0.29, 0.717) is 13.1 Å². The number of hydrogen-bond acceptors (Lipinski definition) is 2. The molecular weight excluding hydrogens is 348 g/mol. The average molecular weight is 379 g/mol. The smallest absolute Gasteiger partial charge is 0.216 e. The van der Waals surface area contributed by atoms with E-state index in [4.69, 9.17) is 0 Å². The molecule has 2 fully saturated rings. The van der Waals surface area contributed by atoms with Crippen LogP contribution in [0.3, 0.4) is 0 Å². The van der Waals surface area contributed by atoms with Crippen LogP contribution in [0.1, 0.15) is 46.4 Å². The zero-order valence-corrected chi connectivity index (χ0v) is 16.5. The van der Waals surface area contributed by atoms with Gasteiger partial charge in [0.15, 0.2) is 0 Å². The molecule has 0 bridgehead atoms. The second kappa shape index (κ2) is 8.80. The standard InChI is InChI=1S/C24H28N2O2/c27-23(17-25-13-1-2-14-25)21-9-5-19(6-10-21)20-7-11-22(12-8-20)24(28)18-26-15-3-4-16-26/h5-12H,1-4,13-18H2/p+2. The van der Waals surface area contributed by atoms with E-state index in [1.54, 1.807) is 0 Å². The molecule has 0 saturated carbocycles. The van der Waals surface area contributed by atoms with Gasteiger partial charge in [0.05, 0.1) is 26.2 Å². The predicted octanol–water partition coefficient (Wildman–Crippen LogP) is 1.08. The lowest BCUT2D eigenvalue weighted by atomic mass is 10.00. The molecule has 2 aromatic carbocycles. The lowest BCUT2D eigenvalue weighted by molar-refractivity contribution is -0.878. The molecule has 0 unspecified atom stereocenters. The summed E-state index contributed by atoms with van der Waals surface area (Å²) in [6, 6.07) is 15.8. The van der Waals surface area contributed by atoms with Gasteiger partial charge in [-0.15, -0.1) is 0 Å². The first kappa shape index (κ1) is 19.0. The van der Waals surface area contributed by atoms with E-state index >= 15 is 0 Å². The number of benzene rings is 2. The van der Waals surface area contributed by atoms with Crippen molar-refractivity contribution in [2.75, 3.05) is 39.3 Å². The molecule has 2 aliphatic heterocycles. The Morgan fingerprint density at radius 3 is 1.21 bits per heavy atom. The number of nitrogens with one attached hydrogen (secondary N) is 2. The van der Waals surface area contributed by atoms with Crippen molar-refractivity contribution in [3.63, 3.8) is 0 Å². The van der Waals surface area contributed by atoms with E-state index in [9.17, 15) is 9.59 Å². The van der Waals surface area contributed by atoms with Gasteiger partial charge < -0.3 is 9.80 Å². The number of Topliss-reactive ketones (excluding diaryl/α,β-unsaturated/α-hetero) is 2. The third-order valence-corrected chi connectivity index (χ3v) is 6.19. The first-order chi connectivity index (χ1) is 13.7. The van der Waals surface area contributed by atoms with Gasteiger partial charge >= 0.3 is 0 Å². The van der Waals surface area contributed by atoms with Gasteiger partial charge in [-0.3, -0.25) is 9.59 Å². The van der Waals surface area contributed by atoms with Gasteiger partial charge in [-0.2, -0.15) is 0 Å². The van der Waals surface area contributed by atoms with Crippen molar-refractivity contribution in [3.8, 4) is 11.1 Å². The zero-order chi connectivity index (χ0) is 19.3. The molecule has 0 radical (unpaired) electrons. The Kier molecular flexibility index (Phi) is 5.98. The Balaban J connectivity index is 1.38. The number of carbonyl (C=O) groups is 2. The molecule has 0 amide bonds. The number of ketones is 2. The van der Waals surface area contributed by atoms with Crippen LogP contribution < -0.4 is 9.80 Å². The van der Waals surface area contributed by atoms with Crippen molar-refractivity contribution >= 4 is 11.6 Å². The van der Waals surface area contributed by atoms with Crippen molar-refractivity contribution in [2.24, 2.45) is 0 Å². The summed E-state index contributed by atoms with van der Waals surface area (Å²) >= 11 is 0. The fourth-order valence-corrected chi connectivity index (χ4v) is 4.46. The highest BCUT2D eigenvalue weighted by atomic mass is 16.1. The molecule has 2 heterocycles. The maximum absolute atomic E-state index is 12.4. The van der Waals surface area contributed by atoms with Gasteiger partial charge in [0.1, 0.15) is 13.1 Å². The fourth-order valence-electron chi connectivity index (χ4n) is 4.46. The van der Waals surface area contributed by atoms with E-state index in [1.807, 2.05) is 48.5 Å². The minimum absolute atomic E-state index is 0.230. The maximum atomic E-state index is 12.4. The van der Waals surface area contributed by atoms with Crippen LogP contribution in [0.5, 0.6) is 0 Å². The van der Waals surface area contributed by atoms with Crippen LogP contribution in [-0.2, 0) is 0 Å². The highest BCUT2D eigenvalue weighted by molar-refractivity contribution is 5.98. The zero-order valence-electron chi connectivity index (χ0n) is 16.5. The molecule has 2 saturated heterocycles. The van der Waals surface area contributed by atoms with Crippen molar-refractivity contribution in [1.29, 1.82) is 0 Å². The van der Waals surface area contributed by atoms with E-state index in [2.05, 4.69) is 0 Å². The summed E-state index contributed by atoms with van der Waals surface area (Å²) in [5.41, 5.74) is 3.75. The summed E-state index contributed by atoms with van der Waals surface area (Å²) < 4.78 is 0. The fraction of sp³-hybridized carbons (Fsp3) is 0.417. The van der Waals surface area contributed by atoms with Crippen LogP contribution in [0.25, 0.3) is 11.1 Å². The average Bonchev–Trinajstić information content (AvgIpc) is 3.42. The second-order valence-electron chi connectivity index (χ2n) is 8.27. The summed E-state index contributed by atoms with van der Waals surface area (Å²) in [7, 11) is 0. The minimum Gasteiger partial charge on any atom is -0.328 e. The maximum Gasteiger partial charge on any atom is 0.216 e. The molecule has 28 heavy (non-hydrogen) atoms. The number of hydrogen-bond donors (Lipinski definition) is 2. The second-order valence-corrected chi connectivity index (χ2v) is 8.27. The van der Waals surface area contributed by atoms with Crippen LogP contribution in [0.4, 0.5) is 0 Å². The molecule has 2 aromatic rings. The molecule has 4 rings (SSSR count). The molecule has 4 nitrogen and oxygen atoms in total. The Labute approximate surface area is 167 Å². The monoisotopic (exact) mass is 378 g/mol. The largest absolute Gasteiger partial charge is 0.328 e. The summed E-state index contributed by atoms with van der Waals surface area (Å²) in [6.07, 6.45) is 4.94. The first-order valence-electron chi connectivity index (χ1n) is 10.6. The van der Waals surface area contributed by atoms with Gasteiger partial charge in [0.2, 0.25) is 11.6 Å². The van der Waals surface area contributed by atoms with Crippen molar-refractivity contribution < 1.29 is 19.4 Å². The highest BCUT2D eigenvalue weighted by Crippen LogP contribution is 2.20. The number of likely N-dealkylation sites (tertiary alicyclic amines) is 2. The van der Waals surface area contributed by atoms with E-state index in [1.165, 1.54) is 35.5 Å². The molecular formula is C24H30N2O2+2. The third kappa shape index (κ3) is 4.57. The van der Waals surface area contributed by atoms with Gasteiger partial charge in [-0.1, -0.05) is 48.5 Å². The quantitative estimate of drug-likeness (QED) is 0.708. The van der Waals surface area contributed by atoms with E-state index in [0.717, 1.165) is 48.4 Å². The Hall–Kier alpha value is -2.30. The van der Waals surface area contributed by atoms with Crippen LogP contribution in [0.15, 0.2) is 48.5 Å². The summed E-state index contributed by atoms with van der Waals surface area (Å²) in [6.45, 7) is 5.69. The van der Waals surface area contributed by atoms with Gasteiger partial charge in [0.25, 0.3) is 0 Å². The molecule has 0 spiro atoms. The van der Waals surface area contributed by atoms with Crippen LogP contribution in [-0.4, -0.2) is 50.8 Å². The molecule has 0 aromatic heterocycles. The summed E-state index contributed by atoms with van der Waals surface area (Å²) in [5.74, 6) is 0.461. The summed E-state index contributed by atoms with van der Waals surface area (Å²) in [5, 5.41) is 0. The summed E-state index contributed by atoms with van der Waals surface area (Å²) in [4.78, 5) is 27.7. The third-order valence-electron chi connectivity index (χ3n) is 6.19. The molecule has 146 valence electrons. The molecule has 0 aliphatic carbocycles. The van der Waals surface area contributed by atoms with Crippen LogP contribution >= 0.6 is 0 Å². The Bertz CT molecular complexity index is 743. The van der Waals surface area contributed by atoms with Gasteiger partial charge in [-0.25, -0.2) is 0 Å². The van der Waals surface area contributed by atoms with Gasteiger partial charge in [-0.05, 0) is 11.1 Å². The lowest BCUT2D eigenvalue weighted by Crippen LogP contribution is -3.10. The normalized spacial score (nSPS) is 17.9. The van der Waals surface area contributed by atoms with Crippen molar-refractivity contribution in [3.05, 3.63) is 59.7 Å². The molecule has 2 aliphatic rings.